The van der Waals surface area contributed by atoms with Crippen molar-refractivity contribution in [2.45, 2.75) is 12.8 Å². The number of aromatic hydroxyl groups is 1. The van der Waals surface area contributed by atoms with E-state index >= 15 is 0 Å². The minimum Gasteiger partial charge on any atom is -0.505 e. The van der Waals surface area contributed by atoms with E-state index in [4.69, 9.17) is 5.73 Å². The first-order valence-electron chi connectivity index (χ1n) is 16.5. The summed E-state index contributed by atoms with van der Waals surface area (Å²) in [6, 6.07) is 43.9. The van der Waals surface area contributed by atoms with Crippen LogP contribution in [0.15, 0.2) is 170 Å². The van der Waals surface area contributed by atoms with E-state index in [0.717, 1.165) is 29.5 Å². The second kappa shape index (κ2) is 14.5. The van der Waals surface area contributed by atoms with Crippen LogP contribution in [0.25, 0.3) is 59.3 Å². The SMILES string of the molecule is C=C/C(=C\C=C/c1ccc2c(c1)sc1ccc3ccccc3c12)c1ccccc1.Nc1cccc(-c2cccc(C3=CC=CCC3)c2)c1O. The van der Waals surface area contributed by atoms with Gasteiger partial charge in [-0.15, -0.1) is 11.3 Å². The number of benzene rings is 6. The maximum Gasteiger partial charge on any atom is 0.146 e. The number of anilines is 1. The minimum absolute atomic E-state index is 0.155. The molecule has 0 unspecified atom stereocenters. The molecule has 1 aliphatic rings. The van der Waals surface area contributed by atoms with Gasteiger partial charge in [0.2, 0.25) is 0 Å². The summed E-state index contributed by atoms with van der Waals surface area (Å²) >= 11 is 1.87. The Morgan fingerprint density at radius 3 is 2.41 bits per heavy atom. The fraction of sp³-hybridized carbons (Fsp3) is 0.0435. The van der Waals surface area contributed by atoms with Crippen LogP contribution in [0, 0.1) is 0 Å². The topological polar surface area (TPSA) is 46.2 Å². The van der Waals surface area contributed by atoms with Crippen LogP contribution in [0.1, 0.15) is 29.5 Å². The molecule has 238 valence electrons. The molecule has 0 atom stereocenters. The van der Waals surface area contributed by atoms with Gasteiger partial charge in [-0.2, -0.15) is 0 Å². The maximum atomic E-state index is 10.1. The lowest BCUT2D eigenvalue weighted by atomic mass is 9.94. The highest BCUT2D eigenvalue weighted by atomic mass is 32.1. The van der Waals surface area contributed by atoms with Crippen molar-refractivity contribution in [2.75, 3.05) is 5.73 Å². The molecule has 0 amide bonds. The van der Waals surface area contributed by atoms with Crippen LogP contribution in [0.4, 0.5) is 5.69 Å². The molecular formula is C46H37NOS. The second-order valence-electron chi connectivity index (χ2n) is 12.1. The summed E-state index contributed by atoms with van der Waals surface area (Å²) in [7, 11) is 0. The summed E-state index contributed by atoms with van der Waals surface area (Å²) in [5.74, 6) is 0.155. The summed E-state index contributed by atoms with van der Waals surface area (Å²) in [5.41, 5.74) is 14.0. The van der Waals surface area contributed by atoms with Crippen molar-refractivity contribution >= 4 is 65.2 Å². The molecule has 1 aromatic heterocycles. The summed E-state index contributed by atoms with van der Waals surface area (Å²) in [4.78, 5) is 0. The molecule has 0 fully saturated rings. The molecule has 0 aliphatic heterocycles. The van der Waals surface area contributed by atoms with Crippen LogP contribution in [0.3, 0.4) is 0 Å². The van der Waals surface area contributed by atoms with Gasteiger partial charge in [0.05, 0.1) is 5.69 Å². The van der Waals surface area contributed by atoms with Crippen molar-refractivity contribution in [1.82, 2.24) is 0 Å². The number of allylic oxidation sites excluding steroid dienone is 8. The highest BCUT2D eigenvalue weighted by molar-refractivity contribution is 7.26. The lowest BCUT2D eigenvalue weighted by Crippen LogP contribution is -1.90. The van der Waals surface area contributed by atoms with E-state index in [-0.39, 0.29) is 5.75 Å². The molecule has 0 saturated heterocycles. The molecule has 0 spiro atoms. The molecule has 7 aromatic rings. The van der Waals surface area contributed by atoms with Gasteiger partial charge < -0.3 is 10.8 Å². The quantitative estimate of drug-likeness (QED) is 0.107. The maximum absolute atomic E-state index is 10.1. The lowest BCUT2D eigenvalue weighted by molar-refractivity contribution is 0.480. The molecule has 8 rings (SSSR count). The van der Waals surface area contributed by atoms with E-state index in [0.29, 0.717) is 5.69 Å². The highest BCUT2D eigenvalue weighted by Crippen LogP contribution is 2.39. The van der Waals surface area contributed by atoms with E-state index in [1.807, 2.05) is 47.7 Å². The number of thiophene rings is 1. The Morgan fingerprint density at radius 1 is 0.755 bits per heavy atom. The van der Waals surface area contributed by atoms with E-state index in [1.54, 1.807) is 6.07 Å². The monoisotopic (exact) mass is 651 g/mol. The number of nitrogen functional groups attached to an aromatic ring is 1. The Balaban J connectivity index is 0.000000166. The first-order valence-corrected chi connectivity index (χ1v) is 17.3. The van der Waals surface area contributed by atoms with Gasteiger partial charge in [0.15, 0.2) is 0 Å². The number of phenolic OH excluding ortho intramolecular Hbond substituents is 1. The Labute approximate surface area is 291 Å². The van der Waals surface area contributed by atoms with Gasteiger partial charge in [-0.1, -0.05) is 152 Å². The largest absolute Gasteiger partial charge is 0.505 e. The minimum atomic E-state index is 0.155. The van der Waals surface area contributed by atoms with Crippen molar-refractivity contribution in [2.24, 2.45) is 0 Å². The van der Waals surface area contributed by atoms with E-state index < -0.39 is 0 Å². The number of para-hydroxylation sites is 1. The standard InChI is InChI=1S/C28H20S.C18H17NO/c1-2-21(22-10-4-3-5-11-22)13-8-9-20-15-17-25-27(19-20)29-26-18-16-23-12-6-7-14-24(23)28(25)26;19-17-11-5-10-16(18(17)20)15-9-4-8-14(12-15)13-6-2-1-3-7-13/h2-19H,1H2;1-2,4-6,8-12,20H,3,7,19H2/b9-8-,21-13+;. The lowest BCUT2D eigenvalue weighted by Gasteiger charge is -2.12. The average molecular weight is 652 g/mol. The Bertz CT molecular complexity index is 2420. The zero-order valence-corrected chi connectivity index (χ0v) is 28.0. The molecule has 0 saturated carbocycles. The van der Waals surface area contributed by atoms with E-state index in [2.05, 4.69) is 134 Å². The van der Waals surface area contributed by atoms with Gasteiger partial charge >= 0.3 is 0 Å². The van der Waals surface area contributed by atoms with E-state index in [9.17, 15) is 5.11 Å². The summed E-state index contributed by atoms with van der Waals surface area (Å²) in [6.07, 6.45) is 16.9. The Morgan fingerprint density at radius 2 is 1.57 bits per heavy atom. The smallest absolute Gasteiger partial charge is 0.146 e. The van der Waals surface area contributed by atoms with Gasteiger partial charge in [0.25, 0.3) is 0 Å². The van der Waals surface area contributed by atoms with Crippen LogP contribution in [-0.4, -0.2) is 5.11 Å². The van der Waals surface area contributed by atoms with Gasteiger partial charge in [-0.05, 0) is 81.3 Å². The molecule has 1 aliphatic carbocycles. The first-order chi connectivity index (χ1) is 24.1. The third-order valence-electron chi connectivity index (χ3n) is 8.90. The Kier molecular flexibility index (Phi) is 9.36. The summed E-state index contributed by atoms with van der Waals surface area (Å²) in [6.45, 7) is 3.95. The van der Waals surface area contributed by atoms with Crippen molar-refractivity contribution in [3.05, 3.63) is 187 Å². The number of rotatable bonds is 6. The van der Waals surface area contributed by atoms with Crippen molar-refractivity contribution in [3.63, 3.8) is 0 Å². The van der Waals surface area contributed by atoms with Gasteiger partial charge in [0, 0.05) is 25.7 Å². The number of hydrogen-bond acceptors (Lipinski definition) is 3. The molecule has 49 heavy (non-hydrogen) atoms. The van der Waals surface area contributed by atoms with Crippen LogP contribution in [-0.2, 0) is 0 Å². The normalized spacial score (nSPS) is 13.1. The number of hydrogen-bond donors (Lipinski definition) is 2. The zero-order chi connectivity index (χ0) is 33.6. The fourth-order valence-corrected chi connectivity index (χ4v) is 7.54. The fourth-order valence-electron chi connectivity index (χ4n) is 6.37. The molecule has 3 heteroatoms. The summed E-state index contributed by atoms with van der Waals surface area (Å²) < 4.78 is 2.67. The molecule has 3 N–H and O–H groups in total. The molecule has 2 nitrogen and oxygen atoms in total. The van der Waals surface area contributed by atoms with Crippen molar-refractivity contribution in [3.8, 4) is 16.9 Å². The van der Waals surface area contributed by atoms with Gasteiger partial charge in [-0.3, -0.25) is 0 Å². The van der Waals surface area contributed by atoms with Crippen molar-refractivity contribution in [1.29, 1.82) is 0 Å². The molecular weight excluding hydrogens is 615 g/mol. The van der Waals surface area contributed by atoms with Crippen LogP contribution >= 0.6 is 11.3 Å². The molecule has 6 aromatic carbocycles. The van der Waals surface area contributed by atoms with Crippen LogP contribution in [0.5, 0.6) is 5.75 Å². The molecule has 0 bridgehead atoms. The van der Waals surface area contributed by atoms with E-state index in [1.165, 1.54) is 53.2 Å². The second-order valence-corrected chi connectivity index (χ2v) is 13.1. The predicted molar refractivity (Wildman–Crippen MR) is 215 cm³/mol. The third-order valence-corrected chi connectivity index (χ3v) is 10.0. The molecule has 1 heterocycles. The van der Waals surface area contributed by atoms with Gasteiger partial charge in [-0.25, -0.2) is 0 Å². The van der Waals surface area contributed by atoms with Crippen LogP contribution in [0.2, 0.25) is 0 Å². The van der Waals surface area contributed by atoms with Crippen molar-refractivity contribution < 1.29 is 5.11 Å². The predicted octanol–water partition coefficient (Wildman–Crippen LogP) is 12.9. The Hall–Kier alpha value is -5.90. The van der Waals surface area contributed by atoms with Gasteiger partial charge in [0.1, 0.15) is 5.75 Å². The number of fused-ring (bicyclic) bond motifs is 5. The number of nitrogens with two attached hydrogens (primary N) is 1. The molecule has 0 radical (unpaired) electrons. The average Bonchev–Trinajstić information content (AvgIpc) is 3.54. The first kappa shape index (κ1) is 31.7. The zero-order valence-electron chi connectivity index (χ0n) is 27.2. The summed E-state index contributed by atoms with van der Waals surface area (Å²) in [5, 5.41) is 15.4. The third kappa shape index (κ3) is 6.89. The van der Waals surface area contributed by atoms with Crippen LogP contribution < -0.4 is 5.73 Å². The highest BCUT2D eigenvalue weighted by Gasteiger charge is 2.10. The number of phenols is 1.